The van der Waals surface area contributed by atoms with Crippen LogP contribution in [0.4, 0.5) is 0 Å². The average molecular weight is 384 g/mol. The zero-order valence-corrected chi connectivity index (χ0v) is 16.0. The van der Waals surface area contributed by atoms with Gasteiger partial charge in [-0.05, 0) is 31.4 Å². The molecule has 4 rings (SSSR count). The van der Waals surface area contributed by atoms with Crippen LogP contribution in [0.2, 0.25) is 0 Å². The van der Waals surface area contributed by atoms with E-state index >= 15 is 0 Å². The maximum atomic E-state index is 5.33. The molecule has 3 aromatic heterocycles. The lowest BCUT2D eigenvalue weighted by Crippen LogP contribution is -2.00. The van der Waals surface area contributed by atoms with E-state index in [-0.39, 0.29) is 0 Å². The molecule has 26 heavy (non-hydrogen) atoms. The topological polar surface area (TPSA) is 69.6 Å². The molecule has 0 N–H and O–H groups in total. The van der Waals surface area contributed by atoms with Crippen molar-refractivity contribution in [1.82, 2.24) is 24.9 Å². The summed E-state index contributed by atoms with van der Waals surface area (Å²) < 4.78 is 7.45. The smallest absolute Gasteiger partial charge is 0.268 e. The molecular weight excluding hydrogens is 366 g/mol. The van der Waals surface area contributed by atoms with Gasteiger partial charge in [0.25, 0.3) is 5.89 Å². The summed E-state index contributed by atoms with van der Waals surface area (Å²) in [7, 11) is 0. The largest absolute Gasteiger partial charge is 0.333 e. The number of benzene rings is 1. The average Bonchev–Trinajstić information content (AvgIpc) is 3.38. The van der Waals surface area contributed by atoms with Crippen LogP contribution in [-0.2, 0) is 12.3 Å². The zero-order chi connectivity index (χ0) is 17.9. The van der Waals surface area contributed by atoms with E-state index < -0.39 is 0 Å². The second-order valence-corrected chi connectivity index (χ2v) is 7.59. The van der Waals surface area contributed by atoms with Gasteiger partial charge in [0.15, 0.2) is 16.8 Å². The van der Waals surface area contributed by atoms with E-state index in [0.717, 1.165) is 28.0 Å². The zero-order valence-electron chi connectivity index (χ0n) is 14.4. The normalized spacial score (nSPS) is 11.2. The third-order valence-corrected chi connectivity index (χ3v) is 5.66. The molecule has 0 saturated heterocycles. The first kappa shape index (κ1) is 17.0. The second kappa shape index (κ2) is 7.43. The molecule has 3 heterocycles. The van der Waals surface area contributed by atoms with E-state index in [1.807, 2.05) is 23.6 Å². The van der Waals surface area contributed by atoms with Crippen LogP contribution in [0, 0.1) is 6.92 Å². The highest BCUT2D eigenvalue weighted by molar-refractivity contribution is 7.98. The maximum absolute atomic E-state index is 5.33. The van der Waals surface area contributed by atoms with E-state index in [9.17, 15) is 0 Å². The van der Waals surface area contributed by atoms with Crippen LogP contribution in [0.5, 0.6) is 0 Å². The van der Waals surface area contributed by atoms with E-state index in [1.165, 1.54) is 5.56 Å². The monoisotopic (exact) mass is 383 g/mol. The van der Waals surface area contributed by atoms with Crippen LogP contribution in [0.1, 0.15) is 18.3 Å². The van der Waals surface area contributed by atoms with Gasteiger partial charge in [0.2, 0.25) is 0 Å². The molecule has 0 saturated carbocycles. The van der Waals surface area contributed by atoms with Crippen molar-refractivity contribution in [3.05, 3.63) is 53.2 Å². The number of nitrogens with zero attached hydrogens (tertiary/aromatic N) is 5. The summed E-state index contributed by atoms with van der Waals surface area (Å²) in [5.41, 5.74) is 2.28. The van der Waals surface area contributed by atoms with Gasteiger partial charge in [0.05, 0.1) is 10.6 Å². The van der Waals surface area contributed by atoms with Gasteiger partial charge in [-0.25, -0.2) is 0 Å². The van der Waals surface area contributed by atoms with Crippen LogP contribution in [0.3, 0.4) is 0 Å². The first-order valence-electron chi connectivity index (χ1n) is 8.24. The Labute approximate surface area is 159 Å². The Bertz CT molecular complexity index is 1010. The Morgan fingerprint density at radius 2 is 2.12 bits per heavy atom. The summed E-state index contributed by atoms with van der Waals surface area (Å²) >= 11 is 3.15. The lowest BCUT2D eigenvalue weighted by molar-refractivity contribution is 0.426. The lowest BCUT2D eigenvalue weighted by atomic mass is 10.1. The van der Waals surface area contributed by atoms with Crippen LogP contribution in [-0.4, -0.2) is 24.9 Å². The van der Waals surface area contributed by atoms with Gasteiger partial charge in [0.1, 0.15) is 0 Å². The van der Waals surface area contributed by atoms with Crippen molar-refractivity contribution >= 4 is 23.1 Å². The predicted octanol–water partition coefficient (Wildman–Crippen LogP) is 4.68. The lowest BCUT2D eigenvalue weighted by Gasteiger charge is -2.07. The van der Waals surface area contributed by atoms with Gasteiger partial charge in [-0.15, -0.1) is 21.5 Å². The standard InChI is InChI=1S/C18H17N5OS2/c1-3-23-16(13-7-4-6-12(2)10-13)20-21-18(23)26-11-15-19-17(24-22-15)14-8-5-9-25-14/h4-10H,3,11H2,1-2H3. The quantitative estimate of drug-likeness (QED) is 0.450. The Kier molecular flexibility index (Phi) is 4.85. The van der Waals surface area contributed by atoms with Gasteiger partial charge in [-0.3, -0.25) is 0 Å². The van der Waals surface area contributed by atoms with E-state index in [0.29, 0.717) is 17.5 Å². The minimum atomic E-state index is 0.563. The molecule has 0 unspecified atom stereocenters. The molecule has 0 aliphatic heterocycles. The molecule has 1 aromatic carbocycles. The Morgan fingerprint density at radius 1 is 1.19 bits per heavy atom. The molecule has 0 bridgehead atoms. The maximum Gasteiger partial charge on any atom is 0.268 e. The molecule has 132 valence electrons. The molecule has 0 aliphatic rings. The highest BCUT2D eigenvalue weighted by Gasteiger charge is 2.15. The van der Waals surface area contributed by atoms with Crippen LogP contribution in [0.15, 0.2) is 51.5 Å². The van der Waals surface area contributed by atoms with Crippen molar-refractivity contribution in [3.8, 4) is 22.2 Å². The van der Waals surface area contributed by atoms with Gasteiger partial charge in [-0.1, -0.05) is 46.7 Å². The molecular formula is C18H17N5OS2. The molecule has 8 heteroatoms. The first-order valence-corrected chi connectivity index (χ1v) is 10.1. The molecule has 4 aromatic rings. The minimum absolute atomic E-state index is 0.563. The summed E-state index contributed by atoms with van der Waals surface area (Å²) in [5, 5.41) is 15.6. The van der Waals surface area contributed by atoms with Gasteiger partial charge in [-0.2, -0.15) is 4.98 Å². The van der Waals surface area contributed by atoms with Gasteiger partial charge < -0.3 is 9.09 Å². The summed E-state index contributed by atoms with van der Waals surface area (Å²) in [6.45, 7) is 4.97. The fraction of sp³-hybridized carbons (Fsp3) is 0.222. The summed E-state index contributed by atoms with van der Waals surface area (Å²) in [5.74, 6) is 2.68. The van der Waals surface area contributed by atoms with E-state index in [2.05, 4.69) is 57.0 Å². The molecule has 6 nitrogen and oxygen atoms in total. The van der Waals surface area contributed by atoms with E-state index in [4.69, 9.17) is 4.52 Å². The molecule has 0 spiro atoms. The van der Waals surface area contributed by atoms with Crippen molar-refractivity contribution in [1.29, 1.82) is 0 Å². The highest BCUT2D eigenvalue weighted by Crippen LogP contribution is 2.27. The first-order chi connectivity index (χ1) is 12.7. The Hall–Kier alpha value is -2.45. The van der Waals surface area contributed by atoms with Crippen molar-refractivity contribution in [3.63, 3.8) is 0 Å². The fourth-order valence-corrected chi connectivity index (χ4v) is 4.11. The van der Waals surface area contributed by atoms with Crippen molar-refractivity contribution in [2.24, 2.45) is 0 Å². The number of rotatable bonds is 6. The SMILES string of the molecule is CCn1c(SCc2noc(-c3cccs3)n2)nnc1-c1cccc(C)c1. The van der Waals surface area contributed by atoms with Gasteiger partial charge >= 0.3 is 0 Å². The number of thioether (sulfide) groups is 1. The third-order valence-electron chi connectivity index (χ3n) is 3.84. The summed E-state index contributed by atoms with van der Waals surface area (Å²) in [6, 6.07) is 12.2. The molecule has 0 aliphatic carbocycles. The number of thiophene rings is 1. The van der Waals surface area contributed by atoms with Crippen LogP contribution >= 0.6 is 23.1 Å². The van der Waals surface area contributed by atoms with Crippen LogP contribution < -0.4 is 0 Å². The summed E-state index contributed by atoms with van der Waals surface area (Å²) in [4.78, 5) is 5.43. The number of aromatic nitrogens is 5. The van der Waals surface area contributed by atoms with Crippen molar-refractivity contribution in [2.45, 2.75) is 31.3 Å². The number of aryl methyl sites for hydroxylation is 1. The summed E-state index contributed by atoms with van der Waals surface area (Å²) in [6.07, 6.45) is 0. The van der Waals surface area contributed by atoms with Crippen molar-refractivity contribution in [2.75, 3.05) is 0 Å². The minimum Gasteiger partial charge on any atom is -0.333 e. The van der Waals surface area contributed by atoms with E-state index in [1.54, 1.807) is 23.1 Å². The molecule has 0 amide bonds. The molecule has 0 fully saturated rings. The second-order valence-electron chi connectivity index (χ2n) is 5.70. The highest BCUT2D eigenvalue weighted by atomic mass is 32.2. The molecule has 0 radical (unpaired) electrons. The Morgan fingerprint density at radius 3 is 2.88 bits per heavy atom. The fourth-order valence-electron chi connectivity index (χ4n) is 2.62. The van der Waals surface area contributed by atoms with Crippen LogP contribution in [0.25, 0.3) is 22.2 Å². The predicted molar refractivity (Wildman–Crippen MR) is 103 cm³/mol. The van der Waals surface area contributed by atoms with Crippen molar-refractivity contribution < 1.29 is 4.52 Å². The number of hydrogen-bond acceptors (Lipinski definition) is 7. The Balaban J connectivity index is 1.52. The molecule has 0 atom stereocenters. The van der Waals surface area contributed by atoms with Gasteiger partial charge in [0, 0.05) is 12.1 Å². The third kappa shape index (κ3) is 3.42. The number of hydrogen-bond donors (Lipinski definition) is 0.